The minimum absolute atomic E-state index is 0.292. The van der Waals surface area contributed by atoms with Gasteiger partial charge in [-0.25, -0.2) is 0 Å². The van der Waals surface area contributed by atoms with Crippen molar-refractivity contribution in [3.8, 4) is 0 Å². The van der Waals surface area contributed by atoms with E-state index in [0.29, 0.717) is 12.1 Å². The van der Waals surface area contributed by atoms with Crippen molar-refractivity contribution in [2.75, 3.05) is 0 Å². The van der Waals surface area contributed by atoms with Gasteiger partial charge in [0.05, 0.1) is 11.7 Å². The molecule has 1 aliphatic rings. The lowest BCUT2D eigenvalue weighted by Gasteiger charge is -2.27. The molecule has 1 fully saturated rings. The van der Waals surface area contributed by atoms with Crippen LogP contribution in [-0.4, -0.2) is 15.8 Å². The van der Waals surface area contributed by atoms with Gasteiger partial charge in [-0.2, -0.15) is 5.10 Å². The molecule has 0 aliphatic heterocycles. The summed E-state index contributed by atoms with van der Waals surface area (Å²) in [6.45, 7) is 4.44. The fraction of sp³-hybridized carbons (Fsp3) is 0.800. The van der Waals surface area contributed by atoms with E-state index in [1.54, 1.807) is 0 Å². The summed E-state index contributed by atoms with van der Waals surface area (Å²) in [5.74, 6) is 0.890. The zero-order chi connectivity index (χ0) is 13.0. The Hall–Kier alpha value is -0.830. The van der Waals surface area contributed by atoms with Crippen LogP contribution < -0.4 is 5.73 Å². The zero-order valence-electron chi connectivity index (χ0n) is 11.8. The van der Waals surface area contributed by atoms with Crippen molar-refractivity contribution in [2.24, 2.45) is 11.7 Å². The van der Waals surface area contributed by atoms with Gasteiger partial charge in [-0.05, 0) is 31.2 Å². The number of nitrogens with two attached hydrogens (primary N) is 1. The van der Waals surface area contributed by atoms with Gasteiger partial charge in [0.1, 0.15) is 0 Å². The maximum absolute atomic E-state index is 6.22. The number of aromatic nitrogens is 2. The molecule has 0 spiro atoms. The Labute approximate surface area is 111 Å². The zero-order valence-corrected chi connectivity index (χ0v) is 11.8. The van der Waals surface area contributed by atoms with E-state index in [0.717, 1.165) is 30.9 Å². The van der Waals surface area contributed by atoms with Crippen LogP contribution in [0.15, 0.2) is 12.3 Å². The lowest BCUT2D eigenvalue weighted by Crippen LogP contribution is -2.28. The van der Waals surface area contributed by atoms with Gasteiger partial charge < -0.3 is 5.73 Å². The first-order valence-electron chi connectivity index (χ1n) is 7.52. The van der Waals surface area contributed by atoms with E-state index in [2.05, 4.69) is 35.9 Å². The summed E-state index contributed by atoms with van der Waals surface area (Å²) < 4.78 is 2.12. The van der Waals surface area contributed by atoms with Gasteiger partial charge in [0, 0.05) is 18.7 Å². The first-order valence-corrected chi connectivity index (χ1v) is 7.52. The van der Waals surface area contributed by atoms with Crippen molar-refractivity contribution in [1.29, 1.82) is 0 Å². The third-order valence-corrected chi connectivity index (χ3v) is 4.31. The topological polar surface area (TPSA) is 43.8 Å². The Morgan fingerprint density at radius 1 is 1.39 bits per heavy atom. The highest BCUT2D eigenvalue weighted by Crippen LogP contribution is 2.30. The Bertz CT molecular complexity index is 350. The number of rotatable bonds is 7. The average Bonchev–Trinajstić information content (AvgIpc) is 2.74. The highest BCUT2D eigenvalue weighted by Gasteiger charge is 2.20. The fourth-order valence-corrected chi connectivity index (χ4v) is 2.86. The fourth-order valence-electron chi connectivity index (χ4n) is 2.86. The van der Waals surface area contributed by atoms with Crippen molar-refractivity contribution >= 4 is 0 Å². The quantitative estimate of drug-likeness (QED) is 0.805. The molecule has 0 saturated heterocycles. The maximum Gasteiger partial charge on any atom is 0.0640 e. The molecule has 3 nitrogen and oxygen atoms in total. The van der Waals surface area contributed by atoms with Crippen LogP contribution in [0.25, 0.3) is 0 Å². The van der Waals surface area contributed by atoms with E-state index in [1.165, 1.54) is 25.7 Å². The molecule has 1 aliphatic carbocycles. The van der Waals surface area contributed by atoms with Crippen molar-refractivity contribution in [3.63, 3.8) is 0 Å². The van der Waals surface area contributed by atoms with Gasteiger partial charge in [-0.1, -0.05) is 33.1 Å². The molecule has 0 amide bonds. The molecule has 102 valence electrons. The monoisotopic (exact) mass is 249 g/mol. The van der Waals surface area contributed by atoms with Crippen LogP contribution in [0.2, 0.25) is 0 Å². The Kier molecular flexibility index (Phi) is 4.81. The maximum atomic E-state index is 6.22. The Balaban J connectivity index is 1.85. The van der Waals surface area contributed by atoms with Crippen molar-refractivity contribution < 1.29 is 0 Å². The molecule has 1 aromatic heterocycles. The predicted molar refractivity (Wildman–Crippen MR) is 75.5 cm³/mol. The van der Waals surface area contributed by atoms with Crippen LogP contribution in [0.5, 0.6) is 0 Å². The molecule has 2 rings (SSSR count). The molecular formula is C15H27N3. The molecule has 1 atom stereocenters. The van der Waals surface area contributed by atoms with E-state index < -0.39 is 0 Å². The lowest BCUT2D eigenvalue weighted by molar-refractivity contribution is 0.275. The molecule has 1 saturated carbocycles. The summed E-state index contributed by atoms with van der Waals surface area (Å²) in [4.78, 5) is 0. The summed E-state index contributed by atoms with van der Waals surface area (Å²) in [6.07, 6.45) is 10.7. The molecule has 18 heavy (non-hydrogen) atoms. The van der Waals surface area contributed by atoms with Crippen molar-refractivity contribution in [3.05, 3.63) is 18.0 Å². The molecule has 1 unspecified atom stereocenters. The Morgan fingerprint density at radius 2 is 2.11 bits per heavy atom. The van der Waals surface area contributed by atoms with Gasteiger partial charge in [-0.15, -0.1) is 0 Å². The standard InChI is InChI=1S/C15H27N3/c1-3-15(4-2)18-9-8-14(17-18)11-13(16)10-12-6-5-7-12/h8-9,12-13,15H,3-7,10-11,16H2,1-2H3. The van der Waals surface area contributed by atoms with Gasteiger partial charge in [0.25, 0.3) is 0 Å². The van der Waals surface area contributed by atoms with Crippen LogP contribution in [0, 0.1) is 5.92 Å². The normalized spacial score (nSPS) is 18.0. The minimum atomic E-state index is 0.292. The summed E-state index contributed by atoms with van der Waals surface area (Å²) in [7, 11) is 0. The smallest absolute Gasteiger partial charge is 0.0640 e. The average molecular weight is 249 g/mol. The highest BCUT2D eigenvalue weighted by atomic mass is 15.3. The minimum Gasteiger partial charge on any atom is -0.327 e. The third-order valence-electron chi connectivity index (χ3n) is 4.31. The second-order valence-corrected chi connectivity index (χ2v) is 5.75. The highest BCUT2D eigenvalue weighted by molar-refractivity contribution is 5.02. The van der Waals surface area contributed by atoms with E-state index >= 15 is 0 Å². The van der Waals surface area contributed by atoms with Gasteiger partial charge >= 0.3 is 0 Å². The molecule has 0 radical (unpaired) electrons. The van der Waals surface area contributed by atoms with E-state index in [-0.39, 0.29) is 0 Å². The second-order valence-electron chi connectivity index (χ2n) is 5.75. The summed E-state index contributed by atoms with van der Waals surface area (Å²) >= 11 is 0. The molecule has 2 N–H and O–H groups in total. The molecule has 3 heteroatoms. The van der Waals surface area contributed by atoms with Gasteiger partial charge in [0.2, 0.25) is 0 Å². The first-order chi connectivity index (χ1) is 8.72. The van der Waals surface area contributed by atoms with Crippen LogP contribution in [0.4, 0.5) is 0 Å². The lowest BCUT2D eigenvalue weighted by atomic mass is 9.80. The SMILES string of the molecule is CCC(CC)n1ccc(CC(N)CC2CCC2)n1. The van der Waals surface area contributed by atoms with Crippen LogP contribution >= 0.6 is 0 Å². The van der Waals surface area contributed by atoms with E-state index in [4.69, 9.17) is 5.73 Å². The van der Waals surface area contributed by atoms with Crippen LogP contribution in [-0.2, 0) is 6.42 Å². The molecule has 1 heterocycles. The largest absolute Gasteiger partial charge is 0.327 e. The molecular weight excluding hydrogens is 222 g/mol. The third kappa shape index (κ3) is 3.35. The molecule has 1 aromatic rings. The van der Waals surface area contributed by atoms with E-state index in [1.807, 2.05) is 0 Å². The summed E-state index contributed by atoms with van der Waals surface area (Å²) in [6, 6.07) is 2.97. The predicted octanol–water partition coefficient (Wildman–Crippen LogP) is 3.30. The summed E-state index contributed by atoms with van der Waals surface area (Å²) in [5, 5.41) is 4.68. The van der Waals surface area contributed by atoms with Gasteiger partial charge in [-0.3, -0.25) is 4.68 Å². The first kappa shape index (κ1) is 13.6. The number of hydrogen-bond acceptors (Lipinski definition) is 2. The van der Waals surface area contributed by atoms with Crippen molar-refractivity contribution in [1.82, 2.24) is 9.78 Å². The van der Waals surface area contributed by atoms with Crippen molar-refractivity contribution in [2.45, 2.75) is 70.9 Å². The number of nitrogens with zero attached hydrogens (tertiary/aromatic N) is 2. The van der Waals surface area contributed by atoms with E-state index in [9.17, 15) is 0 Å². The number of hydrogen-bond donors (Lipinski definition) is 1. The summed E-state index contributed by atoms with van der Waals surface area (Å²) in [5.41, 5.74) is 7.38. The van der Waals surface area contributed by atoms with Gasteiger partial charge in [0.15, 0.2) is 0 Å². The van der Waals surface area contributed by atoms with Crippen LogP contribution in [0.3, 0.4) is 0 Å². The molecule has 0 bridgehead atoms. The second kappa shape index (κ2) is 6.37. The van der Waals surface area contributed by atoms with Crippen LogP contribution in [0.1, 0.15) is 64.1 Å². The molecule has 0 aromatic carbocycles. The Morgan fingerprint density at radius 3 is 2.67 bits per heavy atom.